The Morgan fingerprint density at radius 1 is 1.33 bits per heavy atom. The van der Waals surface area contributed by atoms with E-state index in [4.69, 9.17) is 4.74 Å². The van der Waals surface area contributed by atoms with Crippen molar-refractivity contribution in [1.29, 1.82) is 0 Å². The Hall–Kier alpha value is -1.75. The van der Waals surface area contributed by atoms with Gasteiger partial charge in [-0.25, -0.2) is 0 Å². The molecule has 0 N–H and O–H groups in total. The van der Waals surface area contributed by atoms with Gasteiger partial charge in [0.15, 0.2) is 11.0 Å². The standard InChI is InChI=1S/C13H15N3OS/c1-4-9-18-13-15-14-12(16(13)2)10-5-7-11(17-3)8-6-10/h4-8H,1,9H2,2-3H3. The Kier molecular flexibility index (Phi) is 4.04. The number of hydrogen-bond acceptors (Lipinski definition) is 4. The molecule has 0 saturated heterocycles. The van der Waals surface area contributed by atoms with Crippen molar-refractivity contribution in [3.63, 3.8) is 0 Å². The summed E-state index contributed by atoms with van der Waals surface area (Å²) in [6.07, 6.45) is 1.85. The maximum Gasteiger partial charge on any atom is 0.191 e. The van der Waals surface area contributed by atoms with Gasteiger partial charge in [-0.2, -0.15) is 0 Å². The summed E-state index contributed by atoms with van der Waals surface area (Å²) in [5.74, 6) is 2.51. The molecule has 2 aromatic rings. The Balaban J connectivity index is 2.26. The summed E-state index contributed by atoms with van der Waals surface area (Å²) in [5.41, 5.74) is 1.02. The molecule has 0 unspecified atom stereocenters. The van der Waals surface area contributed by atoms with Crippen LogP contribution in [0.1, 0.15) is 0 Å². The lowest BCUT2D eigenvalue weighted by atomic mass is 10.2. The van der Waals surface area contributed by atoms with Crippen molar-refractivity contribution in [2.45, 2.75) is 5.16 Å². The van der Waals surface area contributed by atoms with Gasteiger partial charge in [-0.3, -0.25) is 0 Å². The van der Waals surface area contributed by atoms with E-state index in [1.165, 1.54) is 0 Å². The van der Waals surface area contributed by atoms with Gasteiger partial charge in [-0.05, 0) is 24.3 Å². The lowest BCUT2D eigenvalue weighted by Gasteiger charge is -2.04. The van der Waals surface area contributed by atoms with Gasteiger partial charge in [0.2, 0.25) is 0 Å². The average molecular weight is 261 g/mol. The molecule has 2 rings (SSSR count). The largest absolute Gasteiger partial charge is 0.497 e. The van der Waals surface area contributed by atoms with Gasteiger partial charge in [0.05, 0.1) is 7.11 Å². The summed E-state index contributed by atoms with van der Waals surface area (Å²) < 4.78 is 7.12. The van der Waals surface area contributed by atoms with Crippen LogP contribution in [-0.4, -0.2) is 27.6 Å². The van der Waals surface area contributed by atoms with E-state index in [2.05, 4.69) is 16.8 Å². The molecule has 0 aliphatic heterocycles. The number of rotatable bonds is 5. The van der Waals surface area contributed by atoms with Crippen molar-refractivity contribution in [1.82, 2.24) is 14.8 Å². The molecule has 5 heteroatoms. The highest BCUT2D eigenvalue weighted by atomic mass is 32.2. The predicted octanol–water partition coefficient (Wildman–Crippen LogP) is 2.77. The molecule has 18 heavy (non-hydrogen) atoms. The summed E-state index contributed by atoms with van der Waals surface area (Å²) in [5, 5.41) is 9.27. The maximum atomic E-state index is 5.14. The molecule has 0 aliphatic carbocycles. The van der Waals surface area contributed by atoms with Crippen LogP contribution in [0.15, 0.2) is 42.1 Å². The first-order valence-electron chi connectivity index (χ1n) is 5.53. The fraction of sp³-hybridized carbons (Fsp3) is 0.231. The second-order valence-corrected chi connectivity index (χ2v) is 4.68. The lowest BCUT2D eigenvalue weighted by molar-refractivity contribution is 0.415. The topological polar surface area (TPSA) is 39.9 Å². The third-order valence-electron chi connectivity index (χ3n) is 2.51. The minimum atomic E-state index is 0.828. The Labute approximate surface area is 111 Å². The highest BCUT2D eigenvalue weighted by Gasteiger charge is 2.10. The summed E-state index contributed by atoms with van der Waals surface area (Å²) in [4.78, 5) is 0. The van der Waals surface area contributed by atoms with Gasteiger partial charge < -0.3 is 9.30 Å². The Morgan fingerprint density at radius 3 is 2.67 bits per heavy atom. The molecule has 4 nitrogen and oxygen atoms in total. The molecule has 0 radical (unpaired) electrons. The van der Waals surface area contributed by atoms with Gasteiger partial charge >= 0.3 is 0 Å². The molecule has 1 aromatic carbocycles. The van der Waals surface area contributed by atoms with E-state index in [9.17, 15) is 0 Å². The van der Waals surface area contributed by atoms with Crippen LogP contribution in [0.4, 0.5) is 0 Å². The van der Waals surface area contributed by atoms with Crippen molar-refractivity contribution in [2.75, 3.05) is 12.9 Å². The van der Waals surface area contributed by atoms with Crippen LogP contribution in [0.25, 0.3) is 11.4 Å². The predicted molar refractivity (Wildman–Crippen MR) is 73.9 cm³/mol. The lowest BCUT2D eigenvalue weighted by Crippen LogP contribution is -1.95. The molecule has 0 aliphatic rings. The normalized spacial score (nSPS) is 10.3. The van der Waals surface area contributed by atoms with Gasteiger partial charge in [-0.15, -0.1) is 16.8 Å². The van der Waals surface area contributed by atoms with Crippen LogP contribution >= 0.6 is 11.8 Å². The number of benzene rings is 1. The SMILES string of the molecule is C=CCSc1nnc(-c2ccc(OC)cc2)n1C. The van der Waals surface area contributed by atoms with E-state index in [0.29, 0.717) is 0 Å². The van der Waals surface area contributed by atoms with Crippen LogP contribution in [0, 0.1) is 0 Å². The first-order valence-corrected chi connectivity index (χ1v) is 6.52. The van der Waals surface area contributed by atoms with Gasteiger partial charge in [0, 0.05) is 18.4 Å². The quantitative estimate of drug-likeness (QED) is 0.613. The maximum absolute atomic E-state index is 5.14. The van der Waals surface area contributed by atoms with E-state index >= 15 is 0 Å². The minimum absolute atomic E-state index is 0.828. The van der Waals surface area contributed by atoms with E-state index in [1.54, 1.807) is 18.9 Å². The van der Waals surface area contributed by atoms with Crippen molar-refractivity contribution in [3.05, 3.63) is 36.9 Å². The number of thioether (sulfide) groups is 1. The number of ether oxygens (including phenoxy) is 1. The molecule has 0 amide bonds. The number of methoxy groups -OCH3 is 1. The van der Waals surface area contributed by atoms with E-state index in [1.807, 2.05) is 42.0 Å². The molecule has 0 saturated carbocycles. The van der Waals surface area contributed by atoms with Crippen LogP contribution < -0.4 is 4.74 Å². The summed E-state index contributed by atoms with van der Waals surface area (Å²) in [6.45, 7) is 3.70. The van der Waals surface area contributed by atoms with Crippen LogP contribution in [0.3, 0.4) is 0 Å². The second-order valence-electron chi connectivity index (χ2n) is 3.69. The fourth-order valence-electron chi connectivity index (χ4n) is 1.57. The zero-order chi connectivity index (χ0) is 13.0. The van der Waals surface area contributed by atoms with E-state index in [0.717, 1.165) is 28.0 Å². The van der Waals surface area contributed by atoms with E-state index < -0.39 is 0 Å². The second kappa shape index (κ2) is 5.73. The molecular formula is C13H15N3OS. The first kappa shape index (κ1) is 12.7. The summed E-state index contributed by atoms with van der Waals surface area (Å²) in [7, 11) is 3.62. The Bertz CT molecular complexity index is 534. The molecule has 0 bridgehead atoms. The zero-order valence-corrected chi connectivity index (χ0v) is 11.3. The minimum Gasteiger partial charge on any atom is -0.497 e. The van der Waals surface area contributed by atoms with Crippen LogP contribution in [-0.2, 0) is 7.05 Å². The van der Waals surface area contributed by atoms with Crippen molar-refractivity contribution < 1.29 is 4.74 Å². The number of hydrogen-bond donors (Lipinski definition) is 0. The third kappa shape index (κ3) is 2.56. The Morgan fingerprint density at radius 2 is 2.06 bits per heavy atom. The molecule has 94 valence electrons. The van der Waals surface area contributed by atoms with Crippen molar-refractivity contribution in [3.8, 4) is 17.1 Å². The average Bonchev–Trinajstić information content (AvgIpc) is 2.78. The van der Waals surface area contributed by atoms with Crippen LogP contribution in [0.5, 0.6) is 5.75 Å². The zero-order valence-electron chi connectivity index (χ0n) is 10.5. The molecule has 0 atom stereocenters. The molecule has 1 heterocycles. The van der Waals surface area contributed by atoms with E-state index in [-0.39, 0.29) is 0 Å². The van der Waals surface area contributed by atoms with Crippen LogP contribution in [0.2, 0.25) is 0 Å². The van der Waals surface area contributed by atoms with Gasteiger partial charge in [-0.1, -0.05) is 17.8 Å². The number of aromatic nitrogens is 3. The molecule has 0 fully saturated rings. The van der Waals surface area contributed by atoms with Gasteiger partial charge in [0.25, 0.3) is 0 Å². The molecular weight excluding hydrogens is 246 g/mol. The highest BCUT2D eigenvalue weighted by Crippen LogP contribution is 2.24. The van der Waals surface area contributed by atoms with Crippen molar-refractivity contribution in [2.24, 2.45) is 7.05 Å². The smallest absolute Gasteiger partial charge is 0.191 e. The number of nitrogens with zero attached hydrogens (tertiary/aromatic N) is 3. The molecule has 0 spiro atoms. The molecule has 1 aromatic heterocycles. The first-order chi connectivity index (χ1) is 8.76. The van der Waals surface area contributed by atoms with Crippen molar-refractivity contribution >= 4 is 11.8 Å². The summed E-state index contributed by atoms with van der Waals surface area (Å²) >= 11 is 1.62. The summed E-state index contributed by atoms with van der Waals surface area (Å²) in [6, 6.07) is 7.79. The monoisotopic (exact) mass is 261 g/mol. The highest BCUT2D eigenvalue weighted by molar-refractivity contribution is 7.99. The fourth-order valence-corrected chi connectivity index (χ4v) is 2.21. The van der Waals surface area contributed by atoms with Gasteiger partial charge in [0.1, 0.15) is 5.75 Å². The third-order valence-corrected chi connectivity index (χ3v) is 3.53.